The van der Waals surface area contributed by atoms with Gasteiger partial charge in [0.05, 0.1) is 24.8 Å². The van der Waals surface area contributed by atoms with Gasteiger partial charge < -0.3 is 22.8 Å². The second-order valence-corrected chi connectivity index (χ2v) is 33.3. The van der Waals surface area contributed by atoms with Crippen LogP contribution in [0.1, 0.15) is 82.6 Å². The maximum absolute atomic E-state index is 7.67. The Morgan fingerprint density at radius 1 is 0.673 bits per heavy atom. The molecule has 0 bridgehead atoms. The van der Waals surface area contributed by atoms with Crippen molar-refractivity contribution in [3.8, 4) is 0 Å². The summed E-state index contributed by atoms with van der Waals surface area (Å²) in [6.45, 7) is 35.9. The molecule has 3 aliphatic heterocycles. The predicted molar refractivity (Wildman–Crippen MR) is 210 cm³/mol. The maximum atomic E-state index is 7.67. The third kappa shape index (κ3) is 7.40. The van der Waals surface area contributed by atoms with Crippen LogP contribution in [0.3, 0.4) is 0 Å². The van der Waals surface area contributed by atoms with Crippen LogP contribution < -0.4 is 10.4 Å². The predicted octanol–water partition coefficient (Wildman–Crippen LogP) is 8.32. The molecule has 2 aromatic carbocycles. The molecule has 0 radical (unpaired) electrons. The summed E-state index contributed by atoms with van der Waals surface area (Å²) in [5.74, 6) is -0.672. The molecule has 2 aromatic rings. The molecule has 0 spiro atoms. The highest BCUT2D eigenvalue weighted by Gasteiger charge is 2.65. The van der Waals surface area contributed by atoms with Gasteiger partial charge in [-0.05, 0) is 71.9 Å². The van der Waals surface area contributed by atoms with Crippen LogP contribution >= 0.6 is 0 Å². The van der Waals surface area contributed by atoms with Crippen molar-refractivity contribution in [1.82, 2.24) is 4.90 Å². The van der Waals surface area contributed by atoms with E-state index in [4.69, 9.17) is 22.8 Å². The van der Waals surface area contributed by atoms with Crippen molar-refractivity contribution in [3.05, 3.63) is 60.7 Å². The van der Waals surface area contributed by atoms with Crippen LogP contribution in [0.4, 0.5) is 0 Å². The second-order valence-electron chi connectivity index (χ2n) is 19.4. The molecular weight excluding hydrogens is 659 g/mol. The van der Waals surface area contributed by atoms with Crippen LogP contribution in [0, 0.1) is 0 Å². The van der Waals surface area contributed by atoms with Gasteiger partial charge in [0.2, 0.25) is 0 Å². The third-order valence-corrected chi connectivity index (χ3v) is 26.5. The van der Waals surface area contributed by atoms with E-state index < -0.39 is 30.7 Å². The molecule has 3 fully saturated rings. The summed E-state index contributed by atoms with van der Waals surface area (Å²) < 4.78 is 35.8. The zero-order chi connectivity index (χ0) is 36.4. The van der Waals surface area contributed by atoms with E-state index in [9.17, 15) is 0 Å². The molecule has 6 nitrogen and oxygen atoms in total. The summed E-state index contributed by atoms with van der Waals surface area (Å²) >= 11 is 0. The maximum Gasteiger partial charge on any atom is 0.261 e. The molecule has 49 heavy (non-hydrogen) atoms. The molecule has 0 amide bonds. The van der Waals surface area contributed by atoms with Crippen LogP contribution in [0.25, 0.3) is 0 Å². The number of benzene rings is 2. The highest BCUT2D eigenvalue weighted by molar-refractivity contribution is 6.99. The number of hydrogen-bond acceptors (Lipinski definition) is 6. The zero-order valence-electron chi connectivity index (χ0n) is 33.3. The summed E-state index contributed by atoms with van der Waals surface area (Å²) in [7, 11) is -6.87. The van der Waals surface area contributed by atoms with Gasteiger partial charge in [-0.3, -0.25) is 4.90 Å². The number of nitrogens with zero attached hydrogens (tertiary/aromatic N) is 1. The molecule has 3 aliphatic rings. The van der Waals surface area contributed by atoms with E-state index in [0.29, 0.717) is 13.2 Å². The van der Waals surface area contributed by atoms with E-state index in [1.165, 1.54) is 10.4 Å². The Morgan fingerprint density at radius 2 is 1.16 bits per heavy atom. The van der Waals surface area contributed by atoms with Gasteiger partial charge in [0.25, 0.3) is 8.32 Å². The fourth-order valence-corrected chi connectivity index (χ4v) is 14.9. The van der Waals surface area contributed by atoms with Gasteiger partial charge in [-0.25, -0.2) is 0 Å². The monoisotopic (exact) mass is 725 g/mol. The first-order chi connectivity index (χ1) is 22.4. The van der Waals surface area contributed by atoms with E-state index in [0.717, 1.165) is 6.42 Å². The van der Waals surface area contributed by atoms with Crippen LogP contribution in [0.15, 0.2) is 60.7 Å². The van der Waals surface area contributed by atoms with Gasteiger partial charge in [0, 0.05) is 12.6 Å². The van der Waals surface area contributed by atoms with E-state index in [-0.39, 0.29) is 51.6 Å². The van der Waals surface area contributed by atoms with Crippen molar-refractivity contribution < 1.29 is 22.8 Å². The minimum absolute atomic E-state index is 0.000504. The SMILES string of the molecule is CC1(C)O[C@@H]2[C@H](O1)[C@@H](CO[Si](c1ccccc1)(c1ccccc1)C(C)(C)C)N1[C@@H](CO[Si](C)(C)C(C)(C)C)C[C@H](O[Si](C)(C)C(C)(C)C)[C@H]21. The van der Waals surface area contributed by atoms with Gasteiger partial charge in [-0.2, -0.15) is 0 Å². The summed E-state index contributed by atoms with van der Waals surface area (Å²) in [4.78, 5) is 2.69. The van der Waals surface area contributed by atoms with Gasteiger partial charge >= 0.3 is 0 Å². The largest absolute Gasteiger partial charge is 0.415 e. The molecule has 3 heterocycles. The average Bonchev–Trinajstić information content (AvgIpc) is 3.57. The molecule has 0 unspecified atom stereocenters. The quantitative estimate of drug-likeness (QED) is 0.230. The van der Waals surface area contributed by atoms with Crippen molar-refractivity contribution in [2.24, 2.45) is 0 Å². The number of rotatable bonds is 10. The molecule has 6 atom stereocenters. The van der Waals surface area contributed by atoms with Crippen molar-refractivity contribution in [2.75, 3.05) is 13.2 Å². The highest BCUT2D eigenvalue weighted by atomic mass is 28.4. The highest BCUT2D eigenvalue weighted by Crippen LogP contribution is 2.50. The lowest BCUT2D eigenvalue weighted by molar-refractivity contribution is -0.171. The summed E-state index contributed by atoms with van der Waals surface area (Å²) in [5, 5.41) is 2.70. The molecule has 274 valence electrons. The Morgan fingerprint density at radius 3 is 1.63 bits per heavy atom. The first kappa shape index (κ1) is 39.1. The van der Waals surface area contributed by atoms with E-state index in [1.807, 2.05) is 0 Å². The summed E-state index contributed by atoms with van der Waals surface area (Å²) in [5.41, 5.74) is 0. The second kappa shape index (κ2) is 13.4. The topological polar surface area (TPSA) is 49.4 Å². The number of hydrogen-bond donors (Lipinski definition) is 0. The molecule has 0 aliphatic carbocycles. The van der Waals surface area contributed by atoms with Crippen LogP contribution in [-0.2, 0) is 22.8 Å². The Balaban J connectivity index is 1.58. The van der Waals surface area contributed by atoms with E-state index in [2.05, 4.69) is 168 Å². The van der Waals surface area contributed by atoms with E-state index in [1.54, 1.807) is 0 Å². The van der Waals surface area contributed by atoms with Crippen molar-refractivity contribution in [2.45, 2.75) is 166 Å². The molecule has 0 aromatic heterocycles. The van der Waals surface area contributed by atoms with Crippen LogP contribution in [-0.4, -0.2) is 85.3 Å². The van der Waals surface area contributed by atoms with Gasteiger partial charge in [0.1, 0.15) is 12.2 Å². The molecule has 5 rings (SSSR count). The molecule has 0 saturated carbocycles. The molecule has 3 saturated heterocycles. The standard InChI is InChI=1S/C40H67NO5Si3/c1-37(2,3)47(12,13)42-27-29-26-33(46-48(14,15)38(4,5)6)34-36-35(44-40(10,11)45-36)32(41(29)34)28-43-49(39(7,8)9,30-22-18-16-19-23-30)31-24-20-17-21-25-31/h16-25,29,32-36H,26-28H2,1-15H3/t29-,32-,33+,34-,35-,36+/m1/s1. The minimum atomic E-state index is -2.79. The Labute approximate surface area is 302 Å². The van der Waals surface area contributed by atoms with Crippen LogP contribution in [0.2, 0.25) is 41.3 Å². The molecule has 9 heteroatoms. The number of ether oxygens (including phenoxy) is 2. The Kier molecular flexibility index (Phi) is 10.7. The summed E-state index contributed by atoms with van der Waals surface area (Å²) in [6.07, 6.45) is 0.737. The van der Waals surface area contributed by atoms with Gasteiger partial charge in [-0.1, -0.05) is 123 Å². The Hall–Kier alpha value is -1.15. The minimum Gasteiger partial charge on any atom is -0.415 e. The van der Waals surface area contributed by atoms with E-state index >= 15 is 0 Å². The lowest BCUT2D eigenvalue weighted by atomic mass is 10.0. The average molecular weight is 726 g/mol. The zero-order valence-corrected chi connectivity index (χ0v) is 36.3. The molecule has 0 N–H and O–H groups in total. The normalized spacial score (nSPS) is 28.1. The smallest absolute Gasteiger partial charge is 0.261 e. The van der Waals surface area contributed by atoms with Crippen molar-refractivity contribution >= 4 is 35.3 Å². The lowest BCUT2D eigenvalue weighted by Crippen LogP contribution is -2.67. The fraction of sp³-hybridized carbons (Fsp3) is 0.700. The molecular formula is C40H67NO5Si3. The van der Waals surface area contributed by atoms with Gasteiger partial charge in [-0.15, -0.1) is 0 Å². The Bertz CT molecular complexity index is 1370. The third-order valence-electron chi connectivity index (χ3n) is 12.5. The first-order valence-corrected chi connectivity index (χ1v) is 26.3. The van der Waals surface area contributed by atoms with Crippen LogP contribution in [0.5, 0.6) is 0 Å². The summed E-state index contributed by atoms with van der Waals surface area (Å²) in [6, 6.07) is 22.2. The fourth-order valence-electron chi connectivity index (χ4n) is 7.89. The van der Waals surface area contributed by atoms with Crippen molar-refractivity contribution in [3.63, 3.8) is 0 Å². The number of fused-ring (bicyclic) bond motifs is 3. The van der Waals surface area contributed by atoms with Gasteiger partial charge in [0.15, 0.2) is 22.4 Å². The first-order valence-electron chi connectivity index (χ1n) is 18.6. The van der Waals surface area contributed by atoms with Crippen molar-refractivity contribution in [1.29, 1.82) is 0 Å². The lowest BCUT2D eigenvalue weighted by Gasteiger charge is -2.45.